The maximum atomic E-state index is 13.4. The molecule has 2 heterocycles. The van der Waals surface area contributed by atoms with Crippen LogP contribution in [0.1, 0.15) is 38.8 Å². The van der Waals surface area contributed by atoms with Crippen molar-refractivity contribution in [2.75, 3.05) is 0 Å². The van der Waals surface area contributed by atoms with E-state index in [1.54, 1.807) is 0 Å². The summed E-state index contributed by atoms with van der Waals surface area (Å²) in [7, 11) is 0. The molecule has 1 atom stereocenters. The summed E-state index contributed by atoms with van der Waals surface area (Å²) in [6.45, 7) is 2.54. The molecule has 1 unspecified atom stereocenters. The number of fused-ring (bicyclic) bond motifs is 1. The molecule has 1 aliphatic rings. The van der Waals surface area contributed by atoms with Gasteiger partial charge in [0.15, 0.2) is 0 Å². The van der Waals surface area contributed by atoms with Crippen LogP contribution in [0.3, 0.4) is 0 Å². The summed E-state index contributed by atoms with van der Waals surface area (Å²) in [5.74, 6) is -0.0521. The molecule has 4 nitrogen and oxygen atoms in total. The summed E-state index contributed by atoms with van der Waals surface area (Å²) in [6, 6.07) is 23.7. The molecule has 0 bridgehead atoms. The highest BCUT2D eigenvalue weighted by Gasteiger charge is 2.42. The molecular formula is C25H19BrClN3O. The molecule has 154 valence electrons. The van der Waals surface area contributed by atoms with Crippen molar-refractivity contribution in [1.82, 2.24) is 15.1 Å². The van der Waals surface area contributed by atoms with Gasteiger partial charge in [0.1, 0.15) is 5.69 Å². The van der Waals surface area contributed by atoms with E-state index in [1.807, 2.05) is 41.3 Å². The predicted octanol–water partition coefficient (Wildman–Crippen LogP) is 6.55. The Kier molecular flexibility index (Phi) is 5.16. The van der Waals surface area contributed by atoms with Crippen LogP contribution in [0, 0.1) is 6.92 Å². The second-order valence-corrected chi connectivity index (χ2v) is 9.09. The molecule has 5 rings (SSSR count). The zero-order valence-corrected chi connectivity index (χ0v) is 19.1. The molecule has 3 aromatic carbocycles. The number of benzene rings is 3. The first-order valence-electron chi connectivity index (χ1n) is 9.97. The van der Waals surface area contributed by atoms with Crippen LogP contribution >= 0.6 is 27.5 Å². The fourth-order valence-corrected chi connectivity index (χ4v) is 4.46. The van der Waals surface area contributed by atoms with Gasteiger partial charge in [0.25, 0.3) is 5.91 Å². The number of nitrogens with one attached hydrogen (secondary N) is 1. The van der Waals surface area contributed by atoms with E-state index in [4.69, 9.17) is 11.6 Å². The SMILES string of the molecule is Cc1ccc(-c2n[nH]c3c2C(c2ccc(Br)cc2)N(Cc2ccc(Cl)cc2)C3=O)cc1. The average molecular weight is 493 g/mol. The van der Waals surface area contributed by atoms with Crippen molar-refractivity contribution < 1.29 is 4.79 Å². The Labute approximate surface area is 194 Å². The quantitative estimate of drug-likeness (QED) is 0.351. The second-order valence-electron chi connectivity index (χ2n) is 7.74. The van der Waals surface area contributed by atoms with Gasteiger partial charge in [-0.2, -0.15) is 5.10 Å². The van der Waals surface area contributed by atoms with Crippen LogP contribution in [-0.2, 0) is 6.54 Å². The van der Waals surface area contributed by atoms with Gasteiger partial charge in [-0.3, -0.25) is 9.89 Å². The van der Waals surface area contributed by atoms with Crippen LogP contribution in [-0.4, -0.2) is 21.0 Å². The Morgan fingerprint density at radius 2 is 1.68 bits per heavy atom. The van der Waals surface area contributed by atoms with E-state index < -0.39 is 0 Å². The van der Waals surface area contributed by atoms with Crippen LogP contribution in [0.25, 0.3) is 11.3 Å². The molecule has 1 aromatic heterocycles. The molecule has 0 spiro atoms. The molecule has 1 amide bonds. The fraction of sp³-hybridized carbons (Fsp3) is 0.120. The van der Waals surface area contributed by atoms with E-state index in [2.05, 4.69) is 69.4 Å². The monoisotopic (exact) mass is 491 g/mol. The van der Waals surface area contributed by atoms with Crippen molar-refractivity contribution in [2.24, 2.45) is 0 Å². The summed E-state index contributed by atoms with van der Waals surface area (Å²) in [5.41, 5.74) is 6.53. The summed E-state index contributed by atoms with van der Waals surface area (Å²) in [4.78, 5) is 15.3. The number of aryl methyl sites for hydroxylation is 1. The highest BCUT2D eigenvalue weighted by molar-refractivity contribution is 9.10. The lowest BCUT2D eigenvalue weighted by Crippen LogP contribution is -2.29. The first-order chi connectivity index (χ1) is 15.0. The van der Waals surface area contributed by atoms with Gasteiger partial charge in [0.2, 0.25) is 0 Å². The van der Waals surface area contributed by atoms with E-state index in [1.165, 1.54) is 5.56 Å². The highest BCUT2D eigenvalue weighted by Crippen LogP contribution is 2.43. The predicted molar refractivity (Wildman–Crippen MR) is 126 cm³/mol. The number of carbonyl (C=O) groups is 1. The van der Waals surface area contributed by atoms with Crippen molar-refractivity contribution in [3.8, 4) is 11.3 Å². The van der Waals surface area contributed by atoms with E-state index in [0.717, 1.165) is 32.4 Å². The Morgan fingerprint density at radius 1 is 1.00 bits per heavy atom. The van der Waals surface area contributed by atoms with E-state index in [0.29, 0.717) is 17.3 Å². The third kappa shape index (κ3) is 3.68. The van der Waals surface area contributed by atoms with Crippen molar-refractivity contribution in [3.63, 3.8) is 0 Å². The van der Waals surface area contributed by atoms with Crippen LogP contribution in [0.4, 0.5) is 0 Å². The largest absolute Gasteiger partial charge is 0.322 e. The fourth-order valence-electron chi connectivity index (χ4n) is 4.07. The molecule has 0 fully saturated rings. The minimum atomic E-state index is -0.235. The Bertz CT molecular complexity index is 1250. The van der Waals surface area contributed by atoms with Gasteiger partial charge in [-0.25, -0.2) is 0 Å². The van der Waals surface area contributed by atoms with Gasteiger partial charge in [-0.1, -0.05) is 81.6 Å². The zero-order chi connectivity index (χ0) is 21.5. The number of H-pyrrole nitrogens is 1. The third-order valence-corrected chi connectivity index (χ3v) is 6.42. The molecule has 0 saturated carbocycles. The van der Waals surface area contributed by atoms with Gasteiger partial charge in [0.05, 0.1) is 11.7 Å². The van der Waals surface area contributed by atoms with Gasteiger partial charge < -0.3 is 4.90 Å². The third-order valence-electron chi connectivity index (χ3n) is 5.64. The van der Waals surface area contributed by atoms with Crippen molar-refractivity contribution >= 4 is 33.4 Å². The van der Waals surface area contributed by atoms with Crippen molar-refractivity contribution in [2.45, 2.75) is 19.5 Å². The average Bonchev–Trinajstić information content (AvgIpc) is 3.31. The summed E-state index contributed by atoms with van der Waals surface area (Å²) < 4.78 is 0.996. The van der Waals surface area contributed by atoms with Gasteiger partial charge in [0, 0.05) is 27.2 Å². The summed E-state index contributed by atoms with van der Waals surface area (Å²) in [6.07, 6.45) is 0. The van der Waals surface area contributed by atoms with E-state index in [9.17, 15) is 4.79 Å². The number of amides is 1. The molecule has 0 radical (unpaired) electrons. The smallest absolute Gasteiger partial charge is 0.273 e. The Balaban J connectivity index is 1.63. The molecule has 1 aliphatic heterocycles. The van der Waals surface area contributed by atoms with Crippen molar-refractivity contribution in [1.29, 1.82) is 0 Å². The number of aromatic amines is 1. The first kappa shape index (κ1) is 20.0. The number of aromatic nitrogens is 2. The zero-order valence-electron chi connectivity index (χ0n) is 16.8. The van der Waals surface area contributed by atoms with Crippen LogP contribution in [0.2, 0.25) is 5.02 Å². The van der Waals surface area contributed by atoms with Crippen molar-refractivity contribution in [3.05, 3.63) is 110 Å². The van der Waals surface area contributed by atoms with Gasteiger partial charge >= 0.3 is 0 Å². The lowest BCUT2D eigenvalue weighted by molar-refractivity contribution is 0.0730. The molecule has 6 heteroatoms. The maximum Gasteiger partial charge on any atom is 0.273 e. The highest BCUT2D eigenvalue weighted by atomic mass is 79.9. The number of hydrogen-bond acceptors (Lipinski definition) is 2. The minimum absolute atomic E-state index is 0.0521. The topological polar surface area (TPSA) is 49.0 Å². The van der Waals surface area contributed by atoms with Gasteiger partial charge in [-0.05, 0) is 42.3 Å². The molecule has 31 heavy (non-hydrogen) atoms. The van der Waals surface area contributed by atoms with Crippen LogP contribution in [0.15, 0.2) is 77.3 Å². The van der Waals surface area contributed by atoms with Gasteiger partial charge in [-0.15, -0.1) is 0 Å². The number of nitrogens with zero attached hydrogens (tertiary/aromatic N) is 2. The number of carbonyl (C=O) groups excluding carboxylic acids is 1. The lowest BCUT2D eigenvalue weighted by atomic mass is 9.95. The normalized spacial score (nSPS) is 15.4. The van der Waals surface area contributed by atoms with Crippen LogP contribution in [0.5, 0.6) is 0 Å². The lowest BCUT2D eigenvalue weighted by Gasteiger charge is -2.26. The second kappa shape index (κ2) is 7.98. The van der Waals surface area contributed by atoms with E-state index >= 15 is 0 Å². The maximum absolute atomic E-state index is 13.4. The molecule has 0 saturated heterocycles. The Hall–Kier alpha value is -2.89. The molecule has 4 aromatic rings. The molecule has 1 N–H and O–H groups in total. The number of rotatable bonds is 4. The molecular weight excluding hydrogens is 474 g/mol. The summed E-state index contributed by atoms with van der Waals surface area (Å²) >= 11 is 9.57. The first-order valence-corrected chi connectivity index (χ1v) is 11.1. The minimum Gasteiger partial charge on any atom is -0.322 e. The number of halogens is 2. The number of hydrogen-bond donors (Lipinski definition) is 1. The van der Waals surface area contributed by atoms with Crippen LogP contribution < -0.4 is 0 Å². The molecule has 0 aliphatic carbocycles. The van der Waals surface area contributed by atoms with E-state index in [-0.39, 0.29) is 11.9 Å². The Morgan fingerprint density at radius 3 is 2.35 bits per heavy atom. The summed E-state index contributed by atoms with van der Waals surface area (Å²) in [5, 5.41) is 8.23. The standard InChI is InChI=1S/C25H19BrClN3O/c1-15-2-6-17(7-3-15)22-21-23(29-28-22)25(31)30(14-16-4-12-20(27)13-5-16)24(21)18-8-10-19(26)11-9-18/h2-13,24H,14H2,1H3,(H,28,29).